The molecule has 0 bridgehead atoms. The molecule has 1 atom stereocenters. The van der Waals surface area contributed by atoms with E-state index in [-0.39, 0.29) is 18.4 Å². The molecule has 2 amide bonds. The number of hydrogen-bond acceptors (Lipinski definition) is 4. The quantitative estimate of drug-likeness (QED) is 0.417. The standard InChI is InChI=1S/C23H29ClIN3O4S/c1-16(2)13-26-23(30)17(3)27(14-18-6-5-7-19(24)12-18)22(29)15-28(33(4,31)32)21-10-8-20(25)9-11-21/h5-12,16-17H,13-15H2,1-4H3,(H,26,30)/t17-/m0/s1. The lowest BCUT2D eigenvalue weighted by Gasteiger charge is -2.31. The van der Waals surface area contributed by atoms with E-state index in [1.165, 1.54) is 4.90 Å². The highest BCUT2D eigenvalue weighted by Gasteiger charge is 2.30. The van der Waals surface area contributed by atoms with E-state index in [0.29, 0.717) is 17.3 Å². The Kier molecular flexibility index (Phi) is 9.99. The molecule has 0 heterocycles. The van der Waals surface area contributed by atoms with Crippen molar-refractivity contribution in [2.45, 2.75) is 33.4 Å². The van der Waals surface area contributed by atoms with Gasteiger partial charge in [0.15, 0.2) is 0 Å². The number of nitrogens with zero attached hydrogens (tertiary/aromatic N) is 2. The maximum absolute atomic E-state index is 13.4. The molecule has 2 aromatic carbocycles. The number of benzene rings is 2. The van der Waals surface area contributed by atoms with E-state index in [4.69, 9.17) is 11.6 Å². The van der Waals surface area contributed by atoms with Crippen LogP contribution < -0.4 is 9.62 Å². The highest BCUT2D eigenvalue weighted by molar-refractivity contribution is 14.1. The first-order chi connectivity index (χ1) is 15.4. The molecule has 180 valence electrons. The molecule has 33 heavy (non-hydrogen) atoms. The van der Waals surface area contributed by atoms with Gasteiger partial charge in [0.05, 0.1) is 11.9 Å². The molecule has 7 nitrogen and oxygen atoms in total. The van der Waals surface area contributed by atoms with Crippen LogP contribution in [0.5, 0.6) is 0 Å². The first-order valence-corrected chi connectivity index (χ1v) is 13.7. The Morgan fingerprint density at radius 3 is 2.27 bits per heavy atom. The second-order valence-corrected chi connectivity index (χ2v) is 11.8. The summed E-state index contributed by atoms with van der Waals surface area (Å²) in [6, 6.07) is 13.0. The van der Waals surface area contributed by atoms with Crippen LogP contribution in [0.15, 0.2) is 48.5 Å². The van der Waals surface area contributed by atoms with Gasteiger partial charge in [0.25, 0.3) is 0 Å². The normalized spacial score (nSPS) is 12.3. The molecule has 10 heteroatoms. The third-order valence-electron chi connectivity index (χ3n) is 4.89. The molecule has 0 aromatic heterocycles. The number of anilines is 1. The van der Waals surface area contributed by atoms with Crippen LogP contribution in [-0.2, 0) is 26.2 Å². The molecule has 0 saturated carbocycles. The van der Waals surface area contributed by atoms with Gasteiger partial charge < -0.3 is 10.2 Å². The van der Waals surface area contributed by atoms with Crippen molar-refractivity contribution < 1.29 is 18.0 Å². The third-order valence-corrected chi connectivity index (χ3v) is 6.98. The maximum atomic E-state index is 13.4. The zero-order valence-electron chi connectivity index (χ0n) is 19.1. The Labute approximate surface area is 214 Å². The Hall–Kier alpha value is -1.85. The first kappa shape index (κ1) is 27.4. The number of rotatable bonds is 10. The van der Waals surface area contributed by atoms with Crippen molar-refractivity contribution in [1.29, 1.82) is 0 Å². The molecular weight excluding hydrogens is 577 g/mol. The number of nitrogens with one attached hydrogen (secondary N) is 1. The number of amides is 2. The summed E-state index contributed by atoms with van der Waals surface area (Å²) in [5.74, 6) is -0.551. The van der Waals surface area contributed by atoms with Gasteiger partial charge in [0.2, 0.25) is 21.8 Å². The molecule has 2 aromatic rings. The van der Waals surface area contributed by atoms with Crippen LogP contribution in [0.3, 0.4) is 0 Å². The average molecular weight is 606 g/mol. The summed E-state index contributed by atoms with van der Waals surface area (Å²) in [6.45, 7) is 5.74. The highest BCUT2D eigenvalue weighted by Crippen LogP contribution is 2.21. The van der Waals surface area contributed by atoms with Crippen molar-refractivity contribution in [2.24, 2.45) is 5.92 Å². The van der Waals surface area contributed by atoms with Gasteiger partial charge in [0.1, 0.15) is 12.6 Å². The minimum Gasteiger partial charge on any atom is -0.354 e. The SMILES string of the molecule is CC(C)CNC(=O)[C@H](C)N(Cc1cccc(Cl)c1)C(=O)CN(c1ccc(I)cc1)S(C)(=O)=O. The van der Waals surface area contributed by atoms with Crippen LogP contribution in [-0.4, -0.2) is 50.5 Å². The number of halogens is 2. The minimum atomic E-state index is -3.74. The van der Waals surface area contributed by atoms with E-state index in [1.54, 1.807) is 55.5 Å². The smallest absolute Gasteiger partial charge is 0.244 e. The fraction of sp³-hybridized carbons (Fsp3) is 0.391. The van der Waals surface area contributed by atoms with Crippen molar-refractivity contribution >= 4 is 61.7 Å². The number of hydrogen-bond donors (Lipinski definition) is 1. The molecule has 0 spiro atoms. The predicted molar refractivity (Wildman–Crippen MR) is 141 cm³/mol. The summed E-state index contributed by atoms with van der Waals surface area (Å²) in [4.78, 5) is 27.6. The van der Waals surface area contributed by atoms with Crippen LogP contribution >= 0.6 is 34.2 Å². The molecule has 0 aliphatic carbocycles. The summed E-state index contributed by atoms with van der Waals surface area (Å²) >= 11 is 8.22. The summed E-state index contributed by atoms with van der Waals surface area (Å²) in [7, 11) is -3.74. The number of carbonyl (C=O) groups is 2. The first-order valence-electron chi connectivity index (χ1n) is 10.4. The van der Waals surface area contributed by atoms with Gasteiger partial charge >= 0.3 is 0 Å². The third kappa shape index (κ3) is 8.46. The van der Waals surface area contributed by atoms with Crippen molar-refractivity contribution in [3.8, 4) is 0 Å². The largest absolute Gasteiger partial charge is 0.354 e. The van der Waals surface area contributed by atoms with Crippen molar-refractivity contribution in [1.82, 2.24) is 10.2 Å². The molecule has 0 aliphatic rings. The fourth-order valence-electron chi connectivity index (χ4n) is 3.09. The molecule has 0 saturated heterocycles. The molecule has 1 N–H and O–H groups in total. The molecule has 0 aliphatic heterocycles. The monoisotopic (exact) mass is 605 g/mol. The Balaban J connectivity index is 2.35. The van der Waals surface area contributed by atoms with Gasteiger partial charge in [-0.25, -0.2) is 8.42 Å². The van der Waals surface area contributed by atoms with Gasteiger partial charge in [-0.2, -0.15) is 0 Å². The Morgan fingerprint density at radius 2 is 1.73 bits per heavy atom. The van der Waals surface area contributed by atoms with Crippen LogP contribution in [0.4, 0.5) is 5.69 Å². The second-order valence-electron chi connectivity index (χ2n) is 8.21. The lowest BCUT2D eigenvalue weighted by molar-refractivity contribution is -0.139. The summed E-state index contributed by atoms with van der Waals surface area (Å²) in [5.41, 5.74) is 1.12. The second kappa shape index (κ2) is 12.0. The zero-order valence-corrected chi connectivity index (χ0v) is 22.8. The van der Waals surface area contributed by atoms with Crippen molar-refractivity contribution in [2.75, 3.05) is 23.7 Å². The van der Waals surface area contributed by atoms with Crippen LogP contribution in [0.1, 0.15) is 26.3 Å². The summed E-state index contributed by atoms with van der Waals surface area (Å²) in [6.07, 6.45) is 1.05. The summed E-state index contributed by atoms with van der Waals surface area (Å²) < 4.78 is 27.0. The van der Waals surface area contributed by atoms with Gasteiger partial charge in [0, 0.05) is 21.7 Å². The lowest BCUT2D eigenvalue weighted by Crippen LogP contribution is -2.51. The highest BCUT2D eigenvalue weighted by atomic mass is 127. The van der Waals surface area contributed by atoms with Crippen molar-refractivity contribution in [3.05, 3.63) is 62.7 Å². The minimum absolute atomic E-state index is 0.111. The lowest BCUT2D eigenvalue weighted by atomic mass is 10.1. The van der Waals surface area contributed by atoms with Crippen molar-refractivity contribution in [3.63, 3.8) is 0 Å². The van der Waals surface area contributed by atoms with Crippen LogP contribution in [0.25, 0.3) is 0 Å². The summed E-state index contributed by atoms with van der Waals surface area (Å²) in [5, 5.41) is 3.35. The predicted octanol–water partition coefficient (Wildman–Crippen LogP) is 3.90. The van der Waals surface area contributed by atoms with E-state index in [2.05, 4.69) is 27.9 Å². The van der Waals surface area contributed by atoms with Gasteiger partial charge in [-0.15, -0.1) is 0 Å². The van der Waals surface area contributed by atoms with E-state index in [0.717, 1.165) is 19.7 Å². The van der Waals surface area contributed by atoms with E-state index >= 15 is 0 Å². The molecular formula is C23H29ClIN3O4S. The number of sulfonamides is 1. The van der Waals surface area contributed by atoms with E-state index in [9.17, 15) is 18.0 Å². The Morgan fingerprint density at radius 1 is 1.09 bits per heavy atom. The van der Waals surface area contributed by atoms with Gasteiger partial charge in [-0.3, -0.25) is 13.9 Å². The average Bonchev–Trinajstić information content (AvgIpc) is 2.73. The molecule has 0 fully saturated rings. The topological polar surface area (TPSA) is 86.8 Å². The van der Waals surface area contributed by atoms with Crippen LogP contribution in [0.2, 0.25) is 5.02 Å². The van der Waals surface area contributed by atoms with Gasteiger partial charge in [-0.1, -0.05) is 37.6 Å². The van der Waals surface area contributed by atoms with Gasteiger partial charge in [-0.05, 0) is 77.4 Å². The molecule has 2 rings (SSSR count). The molecule has 0 unspecified atom stereocenters. The van der Waals surface area contributed by atoms with E-state index < -0.39 is 28.5 Å². The molecule has 0 radical (unpaired) electrons. The number of carbonyl (C=O) groups excluding carboxylic acids is 2. The van der Waals surface area contributed by atoms with E-state index in [1.807, 2.05) is 13.8 Å². The Bertz CT molecular complexity index is 1080. The van der Waals surface area contributed by atoms with Crippen LogP contribution in [0, 0.1) is 9.49 Å². The maximum Gasteiger partial charge on any atom is 0.244 e. The fourth-order valence-corrected chi connectivity index (χ4v) is 4.51. The zero-order chi connectivity index (χ0) is 24.8.